The highest BCUT2D eigenvalue weighted by Gasteiger charge is 2.25. The van der Waals surface area contributed by atoms with Crippen LogP contribution in [0.3, 0.4) is 0 Å². The van der Waals surface area contributed by atoms with Crippen LogP contribution in [-0.4, -0.2) is 57.6 Å². The van der Waals surface area contributed by atoms with Gasteiger partial charge in [0, 0.05) is 30.9 Å². The number of amides is 2. The summed E-state index contributed by atoms with van der Waals surface area (Å²) in [5.74, 6) is 0.772. The first-order valence-electron chi connectivity index (χ1n) is 12.1. The van der Waals surface area contributed by atoms with Crippen LogP contribution in [-0.2, 0) is 32.6 Å². The molecule has 9 nitrogen and oxygen atoms in total. The number of fused-ring (bicyclic) bond motifs is 1. The Kier molecular flexibility index (Phi) is 7.51. The van der Waals surface area contributed by atoms with Gasteiger partial charge in [-0.3, -0.25) is 18.8 Å². The van der Waals surface area contributed by atoms with Crippen molar-refractivity contribution in [3.8, 4) is 0 Å². The first kappa shape index (κ1) is 25.2. The Morgan fingerprint density at radius 2 is 1.83 bits per heavy atom. The zero-order valence-electron chi connectivity index (χ0n) is 20.6. The second kappa shape index (κ2) is 10.4. The van der Waals surface area contributed by atoms with Gasteiger partial charge in [-0.05, 0) is 82.3 Å². The topological polar surface area (TPSA) is 112 Å². The minimum absolute atomic E-state index is 0.322. The van der Waals surface area contributed by atoms with E-state index in [9.17, 15) is 18.0 Å². The van der Waals surface area contributed by atoms with E-state index in [2.05, 4.69) is 21.6 Å². The molecule has 0 radical (unpaired) electrons. The smallest absolute Gasteiger partial charge is 0.313 e. The van der Waals surface area contributed by atoms with Crippen LogP contribution in [0.4, 0.5) is 11.4 Å². The molecule has 1 saturated heterocycles. The highest BCUT2D eigenvalue weighted by atomic mass is 32.2. The van der Waals surface area contributed by atoms with Crippen molar-refractivity contribution in [1.29, 1.82) is 0 Å². The third-order valence-electron chi connectivity index (χ3n) is 6.82. The van der Waals surface area contributed by atoms with Gasteiger partial charge in [-0.2, -0.15) is 0 Å². The summed E-state index contributed by atoms with van der Waals surface area (Å²) in [5.41, 5.74) is 3.09. The van der Waals surface area contributed by atoms with E-state index >= 15 is 0 Å². The highest BCUT2D eigenvalue weighted by Crippen LogP contribution is 2.31. The molecule has 190 valence electrons. The number of rotatable bonds is 6. The van der Waals surface area contributed by atoms with Crippen LogP contribution < -0.4 is 14.9 Å². The molecule has 2 aliphatic rings. The number of carbonyl (C=O) groups excluding carboxylic acids is 2. The lowest BCUT2D eigenvalue weighted by Gasteiger charge is -2.31. The number of carbonyl (C=O) groups is 2. The summed E-state index contributed by atoms with van der Waals surface area (Å²) in [5, 5.41) is 5.36. The fourth-order valence-electron chi connectivity index (χ4n) is 4.90. The summed E-state index contributed by atoms with van der Waals surface area (Å²) < 4.78 is 31.2. The number of hydrogen-bond acceptors (Lipinski definition) is 6. The Labute approximate surface area is 206 Å². The third kappa shape index (κ3) is 6.24. The van der Waals surface area contributed by atoms with Crippen molar-refractivity contribution in [2.75, 3.05) is 42.1 Å². The predicted octanol–water partition coefficient (Wildman–Crippen LogP) is 2.58. The fourth-order valence-corrected chi connectivity index (χ4v) is 5.89. The van der Waals surface area contributed by atoms with Crippen LogP contribution in [0.2, 0.25) is 0 Å². The number of aryl methyl sites for hydroxylation is 3. The molecule has 0 atom stereocenters. The van der Waals surface area contributed by atoms with Crippen LogP contribution in [0.5, 0.6) is 0 Å². The van der Waals surface area contributed by atoms with E-state index in [0.717, 1.165) is 62.4 Å². The Balaban J connectivity index is 1.25. The molecule has 3 heterocycles. The van der Waals surface area contributed by atoms with Gasteiger partial charge in [0.15, 0.2) is 0 Å². The second-order valence-electron chi connectivity index (χ2n) is 9.60. The molecule has 0 saturated carbocycles. The number of nitrogens with zero attached hydrogens (tertiary/aromatic N) is 2. The predicted molar refractivity (Wildman–Crippen MR) is 135 cm³/mol. The van der Waals surface area contributed by atoms with E-state index in [1.807, 2.05) is 13.8 Å². The van der Waals surface area contributed by atoms with Crippen molar-refractivity contribution < 1.29 is 22.4 Å². The second-order valence-corrected chi connectivity index (χ2v) is 11.5. The first-order valence-corrected chi connectivity index (χ1v) is 13.9. The van der Waals surface area contributed by atoms with E-state index < -0.39 is 21.8 Å². The normalized spacial score (nSPS) is 17.2. The van der Waals surface area contributed by atoms with Crippen LogP contribution in [0.1, 0.15) is 41.9 Å². The van der Waals surface area contributed by atoms with Gasteiger partial charge in [-0.15, -0.1) is 0 Å². The minimum atomic E-state index is -3.41. The number of sulfonamides is 1. The molecule has 0 unspecified atom stereocenters. The average Bonchev–Trinajstić information content (AvgIpc) is 3.13. The van der Waals surface area contributed by atoms with E-state index in [1.54, 1.807) is 18.2 Å². The van der Waals surface area contributed by atoms with Crippen molar-refractivity contribution in [2.45, 2.75) is 46.1 Å². The van der Waals surface area contributed by atoms with Crippen molar-refractivity contribution in [2.24, 2.45) is 5.92 Å². The molecule has 2 N–H and O–H groups in total. The van der Waals surface area contributed by atoms with Crippen LogP contribution in [0, 0.1) is 19.8 Å². The fraction of sp³-hybridized carbons (Fsp3) is 0.520. The van der Waals surface area contributed by atoms with Gasteiger partial charge >= 0.3 is 11.8 Å². The lowest BCUT2D eigenvalue weighted by atomic mass is 9.96. The van der Waals surface area contributed by atoms with Crippen molar-refractivity contribution >= 4 is 33.2 Å². The number of anilines is 2. The van der Waals surface area contributed by atoms with E-state index in [4.69, 9.17) is 4.42 Å². The average molecular weight is 503 g/mol. The number of hydrogen-bond donors (Lipinski definition) is 2. The van der Waals surface area contributed by atoms with E-state index in [-0.39, 0.29) is 0 Å². The maximum absolute atomic E-state index is 12.4. The summed E-state index contributed by atoms with van der Waals surface area (Å²) in [4.78, 5) is 27.2. The molecular weight excluding hydrogens is 468 g/mol. The van der Waals surface area contributed by atoms with Gasteiger partial charge in [0.1, 0.15) is 11.5 Å². The van der Waals surface area contributed by atoms with Crippen molar-refractivity contribution in [1.82, 2.24) is 10.2 Å². The van der Waals surface area contributed by atoms with Crippen molar-refractivity contribution in [3.05, 3.63) is 46.9 Å². The zero-order chi connectivity index (χ0) is 25.2. The van der Waals surface area contributed by atoms with Gasteiger partial charge in [0.25, 0.3) is 0 Å². The monoisotopic (exact) mass is 502 g/mol. The first-order chi connectivity index (χ1) is 16.6. The van der Waals surface area contributed by atoms with Crippen LogP contribution in [0.15, 0.2) is 28.7 Å². The Bertz CT molecular complexity index is 1200. The van der Waals surface area contributed by atoms with E-state index in [1.165, 1.54) is 16.1 Å². The van der Waals surface area contributed by atoms with Gasteiger partial charge in [-0.1, -0.05) is 6.07 Å². The molecule has 0 spiro atoms. The zero-order valence-corrected chi connectivity index (χ0v) is 21.4. The molecule has 0 aliphatic carbocycles. The molecule has 10 heteroatoms. The quantitative estimate of drug-likeness (QED) is 0.588. The van der Waals surface area contributed by atoms with Gasteiger partial charge in [0.2, 0.25) is 10.0 Å². The van der Waals surface area contributed by atoms with E-state index in [0.29, 0.717) is 30.4 Å². The number of nitrogens with one attached hydrogen (secondary N) is 2. The maximum atomic E-state index is 12.4. The summed E-state index contributed by atoms with van der Waals surface area (Å²) in [6, 6.07) is 7.22. The number of furan rings is 1. The summed E-state index contributed by atoms with van der Waals surface area (Å²) in [6.07, 6.45) is 4.59. The van der Waals surface area contributed by atoms with Crippen LogP contribution in [0.25, 0.3) is 0 Å². The summed E-state index contributed by atoms with van der Waals surface area (Å²) in [6.45, 7) is 7.53. The molecule has 0 bridgehead atoms. The number of likely N-dealkylation sites (tertiary alicyclic amines) is 1. The molecule has 35 heavy (non-hydrogen) atoms. The van der Waals surface area contributed by atoms with Gasteiger partial charge in [0.05, 0.1) is 11.9 Å². The molecule has 1 aromatic carbocycles. The summed E-state index contributed by atoms with van der Waals surface area (Å²) >= 11 is 0. The minimum Gasteiger partial charge on any atom is -0.466 e. The molecule has 2 aromatic rings. The third-order valence-corrected chi connectivity index (χ3v) is 8.00. The lowest BCUT2D eigenvalue weighted by molar-refractivity contribution is -0.136. The SMILES string of the molecule is Cc1cc(CN2CCC(CNC(=O)C(=O)Nc3ccc4c(c3)N(S(C)(=O)=O)CCC4)CC2)c(C)o1. The molecule has 2 aliphatic heterocycles. The van der Waals surface area contributed by atoms with Gasteiger partial charge in [-0.25, -0.2) is 8.42 Å². The largest absolute Gasteiger partial charge is 0.466 e. The lowest BCUT2D eigenvalue weighted by Crippen LogP contribution is -2.41. The number of benzene rings is 1. The maximum Gasteiger partial charge on any atom is 0.313 e. The Morgan fingerprint density at radius 1 is 1.09 bits per heavy atom. The Hall–Kier alpha value is -2.85. The molecular formula is C25H34N4O5S. The summed E-state index contributed by atoms with van der Waals surface area (Å²) in [7, 11) is -3.41. The number of piperidine rings is 1. The van der Waals surface area contributed by atoms with Crippen molar-refractivity contribution in [3.63, 3.8) is 0 Å². The van der Waals surface area contributed by atoms with Gasteiger partial charge < -0.3 is 15.1 Å². The molecule has 2 amide bonds. The van der Waals surface area contributed by atoms with Crippen LogP contribution >= 0.6 is 0 Å². The highest BCUT2D eigenvalue weighted by molar-refractivity contribution is 7.92. The Morgan fingerprint density at radius 3 is 2.49 bits per heavy atom. The molecule has 1 aromatic heterocycles. The standard InChI is InChI=1S/C25H34N4O5S/c1-17-13-21(18(2)34-17)16-28-11-8-19(9-12-28)15-26-24(30)25(31)27-22-7-6-20-5-4-10-29(23(20)14-22)35(3,32)33/h6-7,13-14,19H,4-5,8-12,15-16H2,1-3H3,(H,26,30)(H,27,31). The molecule has 4 rings (SSSR count). The molecule has 1 fully saturated rings.